The maximum Gasteiger partial charge on any atom is -0.0134 e. The van der Waals surface area contributed by atoms with Gasteiger partial charge in [0.05, 0.1) is 0 Å². The normalized spacial score (nSPS) is 10.8. The molecule has 0 aliphatic rings. The van der Waals surface area contributed by atoms with Crippen molar-refractivity contribution in [3.63, 3.8) is 0 Å². The molecule has 0 radical (unpaired) electrons. The Kier molecular flexibility index (Phi) is 4.18. The highest BCUT2D eigenvalue weighted by Gasteiger charge is 2.15. The van der Waals surface area contributed by atoms with Gasteiger partial charge in [0.25, 0.3) is 0 Å². The molecule has 0 saturated heterocycles. The van der Waals surface area contributed by atoms with Gasteiger partial charge < -0.3 is 0 Å². The standard InChI is InChI=1S/C20H19P/c1-16-8-12-19(13-9-16)21(18-6-4-3-5-7-18)20-14-10-17(2)11-15-20/h3-15H,1-2H3. The lowest BCUT2D eigenvalue weighted by Crippen LogP contribution is -2.20. The molecule has 1 heteroatoms. The second-order valence-electron chi connectivity index (χ2n) is 5.34. The van der Waals surface area contributed by atoms with Crippen LogP contribution in [0.5, 0.6) is 0 Å². The number of benzene rings is 3. The number of hydrogen-bond donors (Lipinski definition) is 0. The van der Waals surface area contributed by atoms with Crippen molar-refractivity contribution in [1.82, 2.24) is 0 Å². The highest BCUT2D eigenvalue weighted by Crippen LogP contribution is 2.32. The summed E-state index contributed by atoms with van der Waals surface area (Å²) in [5.41, 5.74) is 2.62. The molecule has 0 heterocycles. The number of hydrogen-bond acceptors (Lipinski definition) is 0. The molecule has 0 saturated carbocycles. The van der Waals surface area contributed by atoms with E-state index >= 15 is 0 Å². The van der Waals surface area contributed by atoms with E-state index in [4.69, 9.17) is 0 Å². The fourth-order valence-corrected chi connectivity index (χ4v) is 4.67. The molecule has 3 aromatic rings. The molecule has 0 aliphatic heterocycles. The molecule has 104 valence electrons. The van der Waals surface area contributed by atoms with Crippen LogP contribution in [0.3, 0.4) is 0 Å². The van der Waals surface area contributed by atoms with Crippen LogP contribution in [-0.2, 0) is 0 Å². The van der Waals surface area contributed by atoms with Gasteiger partial charge in [-0.05, 0) is 37.7 Å². The number of rotatable bonds is 3. The highest BCUT2D eigenvalue weighted by molar-refractivity contribution is 7.79. The smallest absolute Gasteiger partial charge is 0.0134 e. The van der Waals surface area contributed by atoms with Gasteiger partial charge in [-0.1, -0.05) is 90.0 Å². The third-order valence-electron chi connectivity index (χ3n) is 3.60. The zero-order valence-electron chi connectivity index (χ0n) is 12.5. The van der Waals surface area contributed by atoms with Crippen LogP contribution in [0.15, 0.2) is 78.9 Å². The summed E-state index contributed by atoms with van der Waals surface area (Å²) in [6, 6.07) is 28.8. The van der Waals surface area contributed by atoms with E-state index in [0.29, 0.717) is 0 Å². The lowest BCUT2D eigenvalue weighted by Gasteiger charge is -2.19. The lowest BCUT2D eigenvalue weighted by molar-refractivity contribution is 1.49. The van der Waals surface area contributed by atoms with Crippen LogP contribution in [0, 0.1) is 13.8 Å². The Balaban J connectivity index is 2.11. The van der Waals surface area contributed by atoms with Crippen molar-refractivity contribution in [3.8, 4) is 0 Å². The van der Waals surface area contributed by atoms with Gasteiger partial charge in [0.1, 0.15) is 0 Å². The molecule has 0 atom stereocenters. The van der Waals surface area contributed by atoms with Crippen molar-refractivity contribution in [2.75, 3.05) is 0 Å². The van der Waals surface area contributed by atoms with Gasteiger partial charge in [-0.15, -0.1) is 0 Å². The van der Waals surface area contributed by atoms with Crippen molar-refractivity contribution in [3.05, 3.63) is 90.0 Å². The van der Waals surface area contributed by atoms with Crippen molar-refractivity contribution < 1.29 is 0 Å². The first-order valence-corrected chi connectivity index (χ1v) is 8.57. The van der Waals surface area contributed by atoms with Crippen LogP contribution in [0.2, 0.25) is 0 Å². The first-order chi connectivity index (χ1) is 10.2. The summed E-state index contributed by atoms with van der Waals surface area (Å²) in [6.07, 6.45) is 0. The van der Waals surface area contributed by atoms with Crippen LogP contribution >= 0.6 is 7.92 Å². The lowest BCUT2D eigenvalue weighted by atomic mass is 10.2. The largest absolute Gasteiger partial charge is 0.0622 e. The van der Waals surface area contributed by atoms with Gasteiger partial charge in [-0.3, -0.25) is 0 Å². The predicted molar refractivity (Wildman–Crippen MR) is 94.6 cm³/mol. The molecule has 0 spiro atoms. The third kappa shape index (κ3) is 3.23. The Hall–Kier alpha value is -1.91. The predicted octanol–water partition coefficient (Wildman–Crippen LogP) is 4.06. The number of aryl methyl sites for hydroxylation is 2. The Morgan fingerprint density at radius 3 is 1.29 bits per heavy atom. The molecule has 0 amide bonds. The fraction of sp³-hybridized carbons (Fsp3) is 0.100. The summed E-state index contributed by atoms with van der Waals surface area (Å²) in [6.45, 7) is 4.28. The van der Waals surface area contributed by atoms with Gasteiger partial charge in [-0.25, -0.2) is 0 Å². The SMILES string of the molecule is Cc1ccc(P(c2ccccc2)c2ccc(C)cc2)cc1. The molecule has 0 aliphatic carbocycles. The zero-order valence-corrected chi connectivity index (χ0v) is 13.3. The Morgan fingerprint density at radius 2 is 0.857 bits per heavy atom. The molecule has 0 unspecified atom stereocenters. The summed E-state index contributed by atoms with van der Waals surface area (Å²) in [7, 11) is -0.471. The molecule has 0 fully saturated rings. The highest BCUT2D eigenvalue weighted by atomic mass is 31.1. The molecule has 0 bridgehead atoms. The molecule has 21 heavy (non-hydrogen) atoms. The van der Waals surface area contributed by atoms with Crippen molar-refractivity contribution >= 4 is 23.8 Å². The zero-order chi connectivity index (χ0) is 14.7. The van der Waals surface area contributed by atoms with Gasteiger partial charge in [-0.2, -0.15) is 0 Å². The molecule has 0 aromatic heterocycles. The third-order valence-corrected chi connectivity index (χ3v) is 6.04. The van der Waals surface area contributed by atoms with E-state index in [1.54, 1.807) is 0 Å². The Labute approximate surface area is 128 Å². The van der Waals surface area contributed by atoms with E-state index < -0.39 is 7.92 Å². The van der Waals surface area contributed by atoms with Crippen LogP contribution in [-0.4, -0.2) is 0 Å². The average Bonchev–Trinajstić information content (AvgIpc) is 2.52. The summed E-state index contributed by atoms with van der Waals surface area (Å²) < 4.78 is 0. The maximum atomic E-state index is 2.27. The minimum Gasteiger partial charge on any atom is -0.0622 e. The molecule has 3 aromatic carbocycles. The van der Waals surface area contributed by atoms with E-state index in [2.05, 4.69) is 92.7 Å². The van der Waals surface area contributed by atoms with Crippen LogP contribution in [0.1, 0.15) is 11.1 Å². The van der Waals surface area contributed by atoms with Gasteiger partial charge in [0.15, 0.2) is 0 Å². The second kappa shape index (κ2) is 6.24. The summed E-state index contributed by atoms with van der Waals surface area (Å²) in [4.78, 5) is 0. The van der Waals surface area contributed by atoms with Crippen molar-refractivity contribution in [1.29, 1.82) is 0 Å². The fourth-order valence-electron chi connectivity index (χ4n) is 2.41. The van der Waals surface area contributed by atoms with Gasteiger partial charge in [0.2, 0.25) is 0 Å². The van der Waals surface area contributed by atoms with Crippen molar-refractivity contribution in [2.24, 2.45) is 0 Å². The summed E-state index contributed by atoms with van der Waals surface area (Å²) in [5, 5.41) is 4.22. The monoisotopic (exact) mass is 290 g/mol. The topological polar surface area (TPSA) is 0 Å². The minimum absolute atomic E-state index is 0.471. The van der Waals surface area contributed by atoms with Crippen LogP contribution in [0.4, 0.5) is 0 Å². The second-order valence-corrected chi connectivity index (χ2v) is 7.56. The molecule has 3 rings (SSSR count). The molecule has 0 N–H and O–H groups in total. The van der Waals surface area contributed by atoms with Gasteiger partial charge in [0, 0.05) is 0 Å². The summed E-state index contributed by atoms with van der Waals surface area (Å²) >= 11 is 0. The Bertz CT molecular complexity index is 652. The Morgan fingerprint density at radius 1 is 0.476 bits per heavy atom. The van der Waals surface area contributed by atoms with Crippen LogP contribution < -0.4 is 15.9 Å². The minimum atomic E-state index is -0.471. The van der Waals surface area contributed by atoms with Crippen LogP contribution in [0.25, 0.3) is 0 Å². The quantitative estimate of drug-likeness (QED) is 0.638. The van der Waals surface area contributed by atoms with E-state index in [0.717, 1.165) is 0 Å². The molecular formula is C20H19P. The first-order valence-electron chi connectivity index (χ1n) is 7.22. The average molecular weight is 290 g/mol. The maximum absolute atomic E-state index is 2.27. The van der Waals surface area contributed by atoms with E-state index in [9.17, 15) is 0 Å². The van der Waals surface area contributed by atoms with Gasteiger partial charge >= 0.3 is 0 Å². The first kappa shape index (κ1) is 14.0. The van der Waals surface area contributed by atoms with E-state index in [1.807, 2.05) is 0 Å². The van der Waals surface area contributed by atoms with Crippen molar-refractivity contribution in [2.45, 2.75) is 13.8 Å². The van der Waals surface area contributed by atoms with E-state index in [-0.39, 0.29) is 0 Å². The summed E-state index contributed by atoms with van der Waals surface area (Å²) in [5.74, 6) is 0. The molecular weight excluding hydrogens is 271 g/mol. The van der Waals surface area contributed by atoms with E-state index in [1.165, 1.54) is 27.0 Å². The molecule has 0 nitrogen and oxygen atoms in total.